The number of carboxylic acids is 1. The van der Waals surface area contributed by atoms with Gasteiger partial charge in [0.2, 0.25) is 0 Å². The number of ether oxygens (including phenoxy) is 1. The summed E-state index contributed by atoms with van der Waals surface area (Å²) >= 11 is 6.06. The molecule has 1 unspecified atom stereocenters. The van der Waals surface area contributed by atoms with Crippen LogP contribution in [-0.4, -0.2) is 46.7 Å². The molecule has 1 atom stereocenters. The molecule has 1 N–H and O–H groups in total. The Balaban J connectivity index is 2.01. The SMILES string of the molecule is O=C(O)CC1CN(Cc2ccc([N+](=O)[O-])cc2Cl)CCO1. The van der Waals surface area contributed by atoms with E-state index in [2.05, 4.69) is 0 Å². The van der Waals surface area contributed by atoms with E-state index in [1.54, 1.807) is 6.07 Å². The number of hydrogen-bond acceptors (Lipinski definition) is 5. The van der Waals surface area contributed by atoms with E-state index in [1.807, 2.05) is 4.90 Å². The van der Waals surface area contributed by atoms with E-state index in [-0.39, 0.29) is 18.2 Å². The maximum atomic E-state index is 10.7. The molecule has 1 aromatic rings. The molecule has 0 saturated carbocycles. The van der Waals surface area contributed by atoms with Crippen LogP contribution < -0.4 is 0 Å². The van der Waals surface area contributed by atoms with Gasteiger partial charge in [-0.15, -0.1) is 0 Å². The highest BCUT2D eigenvalue weighted by Gasteiger charge is 2.23. The number of nitrogens with zero attached hydrogens (tertiary/aromatic N) is 2. The first-order valence-corrected chi connectivity index (χ1v) is 6.82. The maximum Gasteiger partial charge on any atom is 0.306 e. The summed E-state index contributed by atoms with van der Waals surface area (Å²) in [5.74, 6) is -0.893. The summed E-state index contributed by atoms with van der Waals surface area (Å²) in [6, 6.07) is 4.37. The molecule has 0 amide bonds. The molecule has 0 bridgehead atoms. The van der Waals surface area contributed by atoms with Gasteiger partial charge in [0, 0.05) is 31.8 Å². The minimum Gasteiger partial charge on any atom is -0.481 e. The van der Waals surface area contributed by atoms with Crippen LogP contribution in [0.2, 0.25) is 5.02 Å². The lowest BCUT2D eigenvalue weighted by atomic mass is 10.1. The van der Waals surface area contributed by atoms with Gasteiger partial charge in [-0.3, -0.25) is 19.8 Å². The number of rotatable bonds is 5. The van der Waals surface area contributed by atoms with E-state index in [0.717, 1.165) is 5.56 Å². The summed E-state index contributed by atoms with van der Waals surface area (Å²) in [5, 5.41) is 19.8. The zero-order chi connectivity index (χ0) is 15.4. The molecule has 1 heterocycles. The highest BCUT2D eigenvalue weighted by molar-refractivity contribution is 6.31. The molecule has 1 saturated heterocycles. The van der Waals surface area contributed by atoms with Crippen molar-refractivity contribution in [3.05, 3.63) is 38.9 Å². The van der Waals surface area contributed by atoms with Crippen LogP contribution in [0.1, 0.15) is 12.0 Å². The van der Waals surface area contributed by atoms with Gasteiger partial charge < -0.3 is 9.84 Å². The zero-order valence-corrected chi connectivity index (χ0v) is 12.0. The normalized spacial score (nSPS) is 19.4. The first-order valence-electron chi connectivity index (χ1n) is 6.44. The number of morpholine rings is 1. The number of halogens is 1. The van der Waals surface area contributed by atoms with Gasteiger partial charge in [0.25, 0.3) is 5.69 Å². The summed E-state index contributed by atoms with van der Waals surface area (Å²) in [7, 11) is 0. The zero-order valence-electron chi connectivity index (χ0n) is 11.2. The Morgan fingerprint density at radius 2 is 2.33 bits per heavy atom. The van der Waals surface area contributed by atoms with Crippen LogP contribution in [0.15, 0.2) is 18.2 Å². The standard InChI is InChI=1S/C13H15ClN2O5/c14-12-5-10(16(19)20)2-1-9(12)7-15-3-4-21-11(8-15)6-13(17)18/h1-2,5,11H,3-4,6-8H2,(H,17,18). The lowest BCUT2D eigenvalue weighted by molar-refractivity contribution is -0.384. The second-order valence-electron chi connectivity index (χ2n) is 4.86. The molecule has 1 fully saturated rings. The second-order valence-corrected chi connectivity index (χ2v) is 5.27. The van der Waals surface area contributed by atoms with Gasteiger partial charge in [-0.25, -0.2) is 0 Å². The fourth-order valence-electron chi connectivity index (χ4n) is 2.26. The first-order chi connectivity index (χ1) is 9.95. The number of benzene rings is 1. The molecular weight excluding hydrogens is 300 g/mol. The second kappa shape index (κ2) is 6.84. The molecule has 8 heteroatoms. The fourth-order valence-corrected chi connectivity index (χ4v) is 2.50. The highest BCUT2D eigenvalue weighted by Crippen LogP contribution is 2.24. The fraction of sp³-hybridized carbons (Fsp3) is 0.462. The van der Waals surface area contributed by atoms with Gasteiger partial charge >= 0.3 is 5.97 Å². The average molecular weight is 315 g/mol. The van der Waals surface area contributed by atoms with Crippen LogP contribution in [0.3, 0.4) is 0 Å². The third-order valence-electron chi connectivity index (χ3n) is 3.27. The Morgan fingerprint density at radius 1 is 1.57 bits per heavy atom. The molecule has 7 nitrogen and oxygen atoms in total. The Labute approximate surface area is 126 Å². The Kier molecular flexibility index (Phi) is 5.11. The lowest BCUT2D eigenvalue weighted by Crippen LogP contribution is -2.42. The van der Waals surface area contributed by atoms with E-state index >= 15 is 0 Å². The van der Waals surface area contributed by atoms with Crippen LogP contribution in [0.4, 0.5) is 5.69 Å². The lowest BCUT2D eigenvalue weighted by Gasteiger charge is -2.32. The predicted octanol–water partition coefficient (Wildman–Crippen LogP) is 1.92. The molecular formula is C13H15ClN2O5. The van der Waals surface area contributed by atoms with Crippen molar-refractivity contribution >= 4 is 23.3 Å². The number of nitro benzene ring substituents is 1. The first kappa shape index (κ1) is 15.7. The van der Waals surface area contributed by atoms with Crippen molar-refractivity contribution in [2.45, 2.75) is 19.1 Å². The number of hydrogen-bond donors (Lipinski definition) is 1. The number of carboxylic acid groups (broad SMARTS) is 1. The molecule has 21 heavy (non-hydrogen) atoms. The van der Waals surface area contributed by atoms with Crippen molar-refractivity contribution in [2.24, 2.45) is 0 Å². The summed E-state index contributed by atoms with van der Waals surface area (Å²) < 4.78 is 5.39. The quantitative estimate of drug-likeness (QED) is 0.659. The van der Waals surface area contributed by atoms with Crippen molar-refractivity contribution in [2.75, 3.05) is 19.7 Å². The molecule has 1 aromatic carbocycles. The molecule has 0 aromatic heterocycles. The number of nitro groups is 1. The van der Waals surface area contributed by atoms with Crippen molar-refractivity contribution in [1.29, 1.82) is 0 Å². The molecule has 1 aliphatic rings. The third kappa shape index (κ3) is 4.38. The highest BCUT2D eigenvalue weighted by atomic mass is 35.5. The summed E-state index contributed by atoms with van der Waals surface area (Å²) in [6.45, 7) is 2.14. The largest absolute Gasteiger partial charge is 0.481 e. The van der Waals surface area contributed by atoms with Gasteiger partial charge in [0.05, 0.1) is 29.1 Å². The van der Waals surface area contributed by atoms with Crippen LogP contribution in [-0.2, 0) is 16.1 Å². The van der Waals surface area contributed by atoms with E-state index in [1.165, 1.54) is 12.1 Å². The van der Waals surface area contributed by atoms with Gasteiger partial charge in [0.15, 0.2) is 0 Å². The van der Waals surface area contributed by atoms with Crippen LogP contribution >= 0.6 is 11.6 Å². The van der Waals surface area contributed by atoms with E-state index < -0.39 is 10.9 Å². The average Bonchev–Trinajstić information content (AvgIpc) is 2.40. The van der Waals surface area contributed by atoms with Crippen LogP contribution in [0.5, 0.6) is 0 Å². The topological polar surface area (TPSA) is 92.9 Å². The predicted molar refractivity (Wildman–Crippen MR) is 75.4 cm³/mol. The molecule has 114 valence electrons. The molecule has 0 radical (unpaired) electrons. The summed E-state index contributed by atoms with van der Waals surface area (Å²) in [6.07, 6.45) is -0.377. The Hall–Kier alpha value is -1.70. The van der Waals surface area contributed by atoms with Crippen molar-refractivity contribution in [3.63, 3.8) is 0 Å². The smallest absolute Gasteiger partial charge is 0.306 e. The van der Waals surface area contributed by atoms with E-state index in [9.17, 15) is 14.9 Å². The van der Waals surface area contributed by atoms with Crippen molar-refractivity contribution in [1.82, 2.24) is 4.90 Å². The third-order valence-corrected chi connectivity index (χ3v) is 3.62. The Bertz CT molecular complexity index is 551. The molecule has 2 rings (SSSR count). The number of aliphatic carboxylic acids is 1. The van der Waals surface area contributed by atoms with Gasteiger partial charge in [-0.2, -0.15) is 0 Å². The Morgan fingerprint density at radius 3 is 2.95 bits per heavy atom. The van der Waals surface area contributed by atoms with Gasteiger partial charge in [0.1, 0.15) is 0 Å². The maximum absolute atomic E-state index is 10.7. The van der Waals surface area contributed by atoms with E-state index in [0.29, 0.717) is 31.3 Å². The van der Waals surface area contributed by atoms with Crippen molar-refractivity contribution < 1.29 is 19.6 Å². The van der Waals surface area contributed by atoms with Gasteiger partial charge in [-0.05, 0) is 11.6 Å². The number of carbonyl (C=O) groups is 1. The minimum absolute atomic E-state index is 0.0372. The van der Waals surface area contributed by atoms with Crippen molar-refractivity contribution in [3.8, 4) is 0 Å². The van der Waals surface area contributed by atoms with E-state index in [4.69, 9.17) is 21.4 Å². The minimum atomic E-state index is -0.893. The van der Waals surface area contributed by atoms with Gasteiger partial charge in [-0.1, -0.05) is 11.6 Å². The van der Waals surface area contributed by atoms with Crippen LogP contribution in [0.25, 0.3) is 0 Å². The summed E-state index contributed by atoms with van der Waals surface area (Å²) in [4.78, 5) is 22.9. The molecule has 1 aliphatic heterocycles. The molecule has 0 aliphatic carbocycles. The molecule has 0 spiro atoms. The van der Waals surface area contributed by atoms with Crippen LogP contribution in [0, 0.1) is 10.1 Å². The monoisotopic (exact) mass is 314 g/mol. The number of non-ortho nitro benzene ring substituents is 1. The summed E-state index contributed by atoms with van der Waals surface area (Å²) in [5.41, 5.74) is 0.729.